The second-order valence-electron chi connectivity index (χ2n) is 8.24. The first kappa shape index (κ1) is 28.5. The molecule has 0 spiro atoms. The summed E-state index contributed by atoms with van der Waals surface area (Å²) in [7, 11) is 0. The number of hydrogen-bond acceptors (Lipinski definition) is 2. The third kappa shape index (κ3) is 7.91. The van der Waals surface area contributed by atoms with E-state index in [4.69, 9.17) is 9.47 Å². The van der Waals surface area contributed by atoms with E-state index in [1.165, 1.54) is 12.1 Å². The summed E-state index contributed by atoms with van der Waals surface area (Å²) in [6, 6.07) is 6.00. The van der Waals surface area contributed by atoms with Crippen molar-refractivity contribution in [2.24, 2.45) is 5.92 Å². The average molecular weight is 491 g/mol. The first-order chi connectivity index (χ1) is 16.8. The number of allylic oxidation sites excluding steroid dienone is 5. The molecular weight excluding hydrogens is 456 g/mol. The van der Waals surface area contributed by atoms with Crippen LogP contribution < -0.4 is 0 Å². The Bertz CT molecular complexity index is 1040. The molecule has 0 unspecified atom stereocenters. The molecule has 1 fully saturated rings. The maximum absolute atomic E-state index is 14.8. The van der Waals surface area contributed by atoms with Gasteiger partial charge in [0.2, 0.25) is 0 Å². The molecule has 1 aliphatic rings. The topological polar surface area (TPSA) is 18.5 Å². The molecule has 2 nitrogen and oxygen atoms in total. The van der Waals surface area contributed by atoms with Gasteiger partial charge in [-0.1, -0.05) is 57.2 Å². The third-order valence-corrected chi connectivity index (χ3v) is 5.38. The van der Waals surface area contributed by atoms with Crippen LogP contribution in [0.4, 0.5) is 17.6 Å². The van der Waals surface area contributed by atoms with Crippen LogP contribution in [-0.4, -0.2) is 19.5 Å². The monoisotopic (exact) mass is 490 g/mol. The van der Waals surface area contributed by atoms with Gasteiger partial charge in [-0.3, -0.25) is 0 Å². The number of benzene rings is 2. The molecule has 2 aromatic rings. The maximum atomic E-state index is 14.8. The van der Waals surface area contributed by atoms with Crippen molar-refractivity contribution in [1.82, 2.24) is 0 Å². The van der Waals surface area contributed by atoms with Gasteiger partial charge in [-0.25, -0.2) is 17.6 Å². The van der Waals surface area contributed by atoms with E-state index in [0.29, 0.717) is 24.7 Å². The standard InChI is InChI=1S/C27H28F4O2.C2H6/c1-4-7-19(9-6-5-8-18(3)27-32-15-17(2)16-33-27)20-10-11-22(23(28)12-20)21-13-24(29)26(31)25(30)14-21;1-2/h4,7-14,17,27H,5-6,15-16H2,1-3H3;1-2H3/b7-4-,18-8+,19-9+;. The molecule has 3 rings (SSSR count). The van der Waals surface area contributed by atoms with Crippen LogP contribution >= 0.6 is 0 Å². The molecule has 0 saturated carbocycles. The lowest BCUT2D eigenvalue weighted by atomic mass is 9.98. The number of hydrogen-bond donors (Lipinski definition) is 0. The Labute approximate surface area is 206 Å². The van der Waals surface area contributed by atoms with E-state index in [1.54, 1.807) is 6.07 Å². The van der Waals surface area contributed by atoms with Crippen molar-refractivity contribution < 1.29 is 27.0 Å². The van der Waals surface area contributed by atoms with Crippen molar-refractivity contribution in [2.45, 2.75) is 53.8 Å². The number of rotatable bonds is 7. The molecule has 190 valence electrons. The van der Waals surface area contributed by atoms with Gasteiger partial charge in [0.25, 0.3) is 0 Å². The lowest BCUT2D eigenvalue weighted by Crippen LogP contribution is -2.31. The molecule has 0 N–H and O–H groups in total. The number of halogens is 4. The van der Waals surface area contributed by atoms with Crippen molar-refractivity contribution in [3.63, 3.8) is 0 Å². The molecule has 0 amide bonds. The molecular formula is C29H34F4O2. The van der Waals surface area contributed by atoms with Crippen molar-refractivity contribution in [2.75, 3.05) is 13.2 Å². The molecule has 0 radical (unpaired) electrons. The van der Waals surface area contributed by atoms with E-state index in [2.05, 4.69) is 13.0 Å². The highest BCUT2D eigenvalue weighted by Crippen LogP contribution is 2.29. The van der Waals surface area contributed by atoms with Gasteiger partial charge in [0.1, 0.15) is 5.82 Å². The van der Waals surface area contributed by atoms with Crippen molar-refractivity contribution in [3.05, 3.63) is 89.0 Å². The maximum Gasteiger partial charge on any atom is 0.194 e. The van der Waals surface area contributed by atoms with Gasteiger partial charge in [-0.15, -0.1) is 0 Å². The van der Waals surface area contributed by atoms with Crippen LogP contribution in [0.15, 0.2) is 60.2 Å². The zero-order chi connectivity index (χ0) is 26.0. The normalized spacial score (nSPS) is 19.0. The summed E-state index contributed by atoms with van der Waals surface area (Å²) in [5, 5.41) is 0. The fraction of sp³-hybridized carbons (Fsp3) is 0.379. The van der Waals surface area contributed by atoms with Crippen LogP contribution in [0.25, 0.3) is 16.7 Å². The summed E-state index contributed by atoms with van der Waals surface area (Å²) < 4.78 is 66.5. The molecule has 0 bridgehead atoms. The predicted octanol–water partition coefficient (Wildman–Crippen LogP) is 8.63. The lowest BCUT2D eigenvalue weighted by molar-refractivity contribution is -0.176. The van der Waals surface area contributed by atoms with E-state index in [1.807, 2.05) is 45.9 Å². The van der Waals surface area contributed by atoms with Crippen molar-refractivity contribution in [1.29, 1.82) is 0 Å². The fourth-order valence-electron chi connectivity index (χ4n) is 3.61. The van der Waals surface area contributed by atoms with Crippen molar-refractivity contribution >= 4 is 5.57 Å². The van der Waals surface area contributed by atoms with Gasteiger partial charge in [0, 0.05) is 11.5 Å². The molecule has 35 heavy (non-hydrogen) atoms. The summed E-state index contributed by atoms with van der Waals surface area (Å²) in [5.74, 6) is -4.54. The molecule has 2 aromatic carbocycles. The number of unbranched alkanes of at least 4 members (excludes halogenated alkanes) is 1. The zero-order valence-electron chi connectivity index (χ0n) is 21.0. The van der Waals surface area contributed by atoms with E-state index in [-0.39, 0.29) is 17.4 Å². The highest BCUT2D eigenvalue weighted by molar-refractivity contribution is 5.76. The summed E-state index contributed by atoms with van der Waals surface area (Å²) >= 11 is 0. The van der Waals surface area contributed by atoms with Crippen LogP contribution in [0.5, 0.6) is 0 Å². The van der Waals surface area contributed by atoms with Crippen LogP contribution in [0.1, 0.15) is 53.0 Å². The van der Waals surface area contributed by atoms with Crippen molar-refractivity contribution in [3.8, 4) is 11.1 Å². The first-order valence-electron chi connectivity index (χ1n) is 12.0. The first-order valence-corrected chi connectivity index (χ1v) is 12.0. The second-order valence-corrected chi connectivity index (χ2v) is 8.24. The quantitative estimate of drug-likeness (QED) is 0.127. The molecule has 1 heterocycles. The Kier molecular flexibility index (Phi) is 11.4. The van der Waals surface area contributed by atoms with E-state index in [9.17, 15) is 17.6 Å². The largest absolute Gasteiger partial charge is 0.348 e. The summed E-state index contributed by atoms with van der Waals surface area (Å²) in [5.41, 5.74) is 2.42. The smallest absolute Gasteiger partial charge is 0.194 e. The second kappa shape index (κ2) is 14.0. The van der Waals surface area contributed by atoms with Gasteiger partial charge in [0.05, 0.1) is 13.2 Å². The Morgan fingerprint density at radius 2 is 1.51 bits per heavy atom. The summed E-state index contributed by atoms with van der Waals surface area (Å²) in [6.07, 6.45) is 8.98. The summed E-state index contributed by atoms with van der Waals surface area (Å²) in [4.78, 5) is 0. The van der Waals surface area contributed by atoms with Gasteiger partial charge < -0.3 is 9.47 Å². The SMILES string of the molecule is C/C=C\C(=C/CC/C=C(\C)C1OCC(C)CO1)c1ccc(-c2cc(F)c(F)c(F)c2)c(F)c1.CC. The minimum Gasteiger partial charge on any atom is -0.348 e. The molecule has 0 aliphatic carbocycles. The van der Waals surface area contributed by atoms with Crippen LogP contribution in [0, 0.1) is 29.2 Å². The van der Waals surface area contributed by atoms with Gasteiger partial charge >= 0.3 is 0 Å². The van der Waals surface area contributed by atoms with Crippen LogP contribution in [-0.2, 0) is 9.47 Å². The predicted molar refractivity (Wildman–Crippen MR) is 134 cm³/mol. The molecule has 1 saturated heterocycles. The molecule has 0 atom stereocenters. The third-order valence-electron chi connectivity index (χ3n) is 5.38. The fourth-order valence-corrected chi connectivity index (χ4v) is 3.61. The highest BCUT2D eigenvalue weighted by Gasteiger charge is 2.20. The minimum absolute atomic E-state index is 0.00302. The highest BCUT2D eigenvalue weighted by atomic mass is 19.2. The van der Waals surface area contributed by atoms with Gasteiger partial charge in [-0.2, -0.15) is 0 Å². The lowest BCUT2D eigenvalue weighted by Gasteiger charge is -2.28. The molecule has 0 aromatic heterocycles. The average Bonchev–Trinajstić information content (AvgIpc) is 2.85. The molecule has 6 heteroatoms. The van der Waals surface area contributed by atoms with Crippen LogP contribution in [0.2, 0.25) is 0 Å². The molecule has 1 aliphatic heterocycles. The Hall–Kier alpha value is -2.70. The van der Waals surface area contributed by atoms with E-state index < -0.39 is 23.3 Å². The van der Waals surface area contributed by atoms with Gasteiger partial charge in [0.15, 0.2) is 23.7 Å². The minimum atomic E-state index is -1.57. The van der Waals surface area contributed by atoms with E-state index >= 15 is 0 Å². The van der Waals surface area contributed by atoms with Gasteiger partial charge in [-0.05, 0) is 67.2 Å². The van der Waals surface area contributed by atoms with Crippen LogP contribution in [0.3, 0.4) is 0 Å². The Morgan fingerprint density at radius 3 is 2.09 bits per heavy atom. The Morgan fingerprint density at radius 1 is 0.914 bits per heavy atom. The number of ether oxygens (including phenoxy) is 2. The summed E-state index contributed by atoms with van der Waals surface area (Å²) in [6.45, 7) is 11.3. The zero-order valence-corrected chi connectivity index (χ0v) is 21.0. The van der Waals surface area contributed by atoms with E-state index in [0.717, 1.165) is 36.1 Å². The Balaban J connectivity index is 0.00000210.